The number of Topliss-reactive ketones (excluding diaryl/α,β-unsaturated/α-hetero) is 3. The van der Waals surface area contributed by atoms with Crippen LogP contribution in [0.25, 0.3) is 0 Å². The number of halogens is 11. The summed E-state index contributed by atoms with van der Waals surface area (Å²) in [5, 5.41) is -18.4. The zero-order valence-electron chi connectivity index (χ0n) is 54.3. The van der Waals surface area contributed by atoms with Gasteiger partial charge in [-0.2, -0.15) is 48.3 Å². The van der Waals surface area contributed by atoms with Crippen LogP contribution < -0.4 is 4.13 Å². The Morgan fingerprint density at radius 2 is 0.990 bits per heavy atom. The maximum atomic E-state index is 13.9. The Morgan fingerprint density at radius 1 is 0.594 bits per heavy atom. The number of fused-ring (bicyclic) bond motifs is 5. The average Bonchev–Trinajstić information content (AvgIpc) is 1.55. The number of nitrogens with one attached hydrogen (secondary N) is 1. The van der Waals surface area contributed by atoms with E-state index in [0.29, 0.717) is 44.9 Å². The van der Waals surface area contributed by atoms with E-state index < -0.39 is 101 Å². The number of hydrogen-bond acceptors (Lipinski definition) is 14. The molecular formula is C70H71F11NO14S5+. The fraction of sp³-hybridized carbons (Fsp3) is 0.414. The Morgan fingerprint density at radius 3 is 1.37 bits per heavy atom. The molecule has 31 heteroatoms. The van der Waals surface area contributed by atoms with Gasteiger partial charge in [0.05, 0.1) is 28.4 Å². The van der Waals surface area contributed by atoms with Crippen LogP contribution in [0.4, 0.5) is 48.3 Å². The van der Waals surface area contributed by atoms with Crippen LogP contribution in [0.5, 0.6) is 0 Å². The lowest BCUT2D eigenvalue weighted by Crippen LogP contribution is -2.70. The van der Waals surface area contributed by atoms with Crippen LogP contribution in [0.3, 0.4) is 0 Å². The number of ketones is 3. The number of benzene rings is 6. The first-order chi connectivity index (χ1) is 47.2. The molecule has 4 saturated carbocycles. The Kier molecular flexibility index (Phi) is 24.9. The van der Waals surface area contributed by atoms with Crippen LogP contribution in [-0.4, -0.2) is 99.7 Å². The Hall–Kier alpha value is -7.03. The highest BCUT2D eigenvalue weighted by atomic mass is 32.3. The summed E-state index contributed by atoms with van der Waals surface area (Å²) < 4.78 is 222. The van der Waals surface area contributed by atoms with E-state index in [-0.39, 0.29) is 97.0 Å². The fourth-order valence-electron chi connectivity index (χ4n) is 14.0. The Labute approximate surface area is 583 Å². The molecule has 5 aliphatic rings. The Balaban J connectivity index is 0.000000195. The molecule has 1 aliphatic heterocycles. The number of alkyl halides is 11. The van der Waals surface area contributed by atoms with Crippen molar-refractivity contribution in [2.45, 2.75) is 155 Å². The number of hydrogen-bond donors (Lipinski definition) is 1. The van der Waals surface area contributed by atoms with Gasteiger partial charge >= 0.3 is 39.8 Å². The topological polar surface area (TPSA) is 241 Å². The first-order valence-corrected chi connectivity index (χ1v) is 38.5. The SMILES string of the molecule is C[C@H](CCC(=O)OCCCC(=O)OC(C(F)(F)F)C(F)(F)S(=O)(=O)[O-])[C@H]1CC[C@H]2[C@@H]3C(=O)C[C@@H]4CC(=O)CC[C@]4(C)[C@H]3CC(=O)[C@]12C.O=S1(=O)NS(=O)(=O)C(F)(F)C(F)(F)C1(F)F.c1ccc([S+](c2ccccc2)c2ccccc2)cc1.c1ccc([S+](c2ccccc2)c2ccccc2)cc1. The lowest BCUT2D eigenvalue weighted by Gasteiger charge is -2.58. The van der Waals surface area contributed by atoms with Gasteiger partial charge in [-0.25, -0.2) is 25.3 Å². The maximum Gasteiger partial charge on any atom is 0.432 e. The fourth-order valence-corrected chi connectivity index (χ4v) is 21.6. The molecule has 1 N–H and O–H groups in total. The van der Waals surface area contributed by atoms with Crippen molar-refractivity contribution in [1.82, 2.24) is 4.13 Å². The van der Waals surface area contributed by atoms with Gasteiger partial charge in [0.2, 0.25) is 0 Å². The molecule has 101 heavy (non-hydrogen) atoms. The first kappa shape index (κ1) is 79.7. The quantitative estimate of drug-likeness (QED) is 0.0294. The second-order valence-electron chi connectivity index (χ2n) is 25.4. The van der Waals surface area contributed by atoms with Gasteiger partial charge < -0.3 is 14.0 Å². The molecule has 0 spiro atoms. The molecule has 11 rings (SSSR count). The summed E-state index contributed by atoms with van der Waals surface area (Å²) in [6, 6.07) is 64.3. The summed E-state index contributed by atoms with van der Waals surface area (Å²) >= 11 is 0. The molecule has 6 aromatic rings. The highest BCUT2D eigenvalue weighted by Gasteiger charge is 2.86. The number of ether oxygens (including phenoxy) is 2. The third-order valence-electron chi connectivity index (χ3n) is 19.2. The van der Waals surface area contributed by atoms with E-state index in [9.17, 15) is 102 Å². The van der Waals surface area contributed by atoms with E-state index in [1.807, 2.05) is 13.8 Å². The van der Waals surface area contributed by atoms with E-state index in [0.717, 1.165) is 0 Å². The third kappa shape index (κ3) is 17.0. The molecule has 6 aromatic carbocycles. The second-order valence-corrected chi connectivity index (χ2v) is 34.6. The molecule has 1 saturated heterocycles. The predicted octanol–water partition coefficient (Wildman–Crippen LogP) is 14.6. The molecule has 5 fully saturated rings. The second kappa shape index (κ2) is 31.5. The molecule has 1 unspecified atom stereocenters. The summed E-state index contributed by atoms with van der Waals surface area (Å²) in [5.41, 5.74) is -0.985. The maximum absolute atomic E-state index is 13.9. The molecule has 0 aromatic heterocycles. The van der Waals surface area contributed by atoms with E-state index in [1.54, 1.807) is 0 Å². The third-order valence-corrected chi connectivity index (χ3v) is 28.1. The number of carbonyl (C=O) groups excluding carboxylic acids is 5. The summed E-state index contributed by atoms with van der Waals surface area (Å²) in [6.07, 6.45) is -8.10. The van der Waals surface area contributed by atoms with Gasteiger partial charge in [0.1, 0.15) is 17.3 Å². The lowest BCUT2D eigenvalue weighted by atomic mass is 9.44. The van der Waals surface area contributed by atoms with Crippen molar-refractivity contribution in [2.75, 3.05) is 6.61 Å². The van der Waals surface area contributed by atoms with Gasteiger partial charge in [-0.15, -0.1) is 0 Å². The monoisotopic (exact) mass is 1520 g/mol. The minimum atomic E-state index is -6.81. The van der Waals surface area contributed by atoms with Crippen molar-refractivity contribution < 1.29 is 112 Å². The van der Waals surface area contributed by atoms with Crippen LogP contribution in [-0.2, 0) is 85.4 Å². The van der Waals surface area contributed by atoms with Crippen LogP contribution in [0.15, 0.2) is 211 Å². The summed E-state index contributed by atoms with van der Waals surface area (Å²) in [7, 11) is -19.7. The zero-order valence-corrected chi connectivity index (χ0v) is 58.3. The molecule has 1 heterocycles. The van der Waals surface area contributed by atoms with Gasteiger partial charge in [0, 0.05) is 49.9 Å². The first-order valence-electron chi connectivity index (χ1n) is 31.7. The van der Waals surface area contributed by atoms with Crippen LogP contribution in [0.2, 0.25) is 0 Å². The van der Waals surface area contributed by atoms with Crippen molar-refractivity contribution in [3.63, 3.8) is 0 Å². The number of carbonyl (C=O) groups is 5. The van der Waals surface area contributed by atoms with Gasteiger partial charge in [-0.05, 0) is 140 Å². The molecule has 0 amide bonds. The number of rotatable bonds is 17. The summed E-state index contributed by atoms with van der Waals surface area (Å²) in [6.45, 7) is 5.50. The lowest BCUT2D eigenvalue weighted by molar-refractivity contribution is -0.259. The minimum Gasteiger partial charge on any atom is -0.743 e. The van der Waals surface area contributed by atoms with Crippen molar-refractivity contribution in [1.29, 1.82) is 0 Å². The van der Waals surface area contributed by atoms with Crippen molar-refractivity contribution in [3.05, 3.63) is 182 Å². The largest absolute Gasteiger partial charge is 0.743 e. The highest BCUT2D eigenvalue weighted by Crippen LogP contribution is 2.66. The molecule has 15 nitrogen and oxygen atoms in total. The Bertz CT molecular complexity index is 3880. The van der Waals surface area contributed by atoms with Gasteiger partial charge in [-0.1, -0.05) is 134 Å². The van der Waals surface area contributed by atoms with Crippen molar-refractivity contribution in [3.8, 4) is 0 Å². The molecule has 4 aliphatic carbocycles. The number of sulfonamides is 2. The van der Waals surface area contributed by atoms with E-state index in [2.05, 4.69) is 194 Å². The van der Waals surface area contributed by atoms with Gasteiger partial charge in [0.25, 0.3) is 26.2 Å². The van der Waals surface area contributed by atoms with Gasteiger partial charge in [-0.3, -0.25) is 24.0 Å². The van der Waals surface area contributed by atoms with Crippen molar-refractivity contribution in [2.24, 2.45) is 46.3 Å². The summed E-state index contributed by atoms with van der Waals surface area (Å²) in [5.74, 6) is -9.43. The molecule has 9 atom stereocenters. The normalized spacial score (nSPS) is 25.1. The molecular weight excluding hydrogens is 1450 g/mol. The number of esters is 2. The van der Waals surface area contributed by atoms with Crippen LogP contribution in [0.1, 0.15) is 91.4 Å². The summed E-state index contributed by atoms with van der Waals surface area (Å²) in [4.78, 5) is 71.8. The predicted molar refractivity (Wildman–Crippen MR) is 349 cm³/mol. The van der Waals surface area contributed by atoms with Gasteiger partial charge in [0.15, 0.2) is 39.5 Å². The minimum absolute atomic E-state index is 0.0146. The van der Waals surface area contributed by atoms with Crippen LogP contribution >= 0.6 is 0 Å². The van der Waals surface area contributed by atoms with Crippen molar-refractivity contribution >= 4 is 81.2 Å². The molecule has 546 valence electrons. The molecule has 0 bridgehead atoms. The van der Waals surface area contributed by atoms with E-state index in [1.165, 1.54) is 29.4 Å². The van der Waals surface area contributed by atoms with Crippen LogP contribution in [0, 0.1) is 46.3 Å². The molecule has 0 radical (unpaired) electrons. The van der Waals surface area contributed by atoms with E-state index >= 15 is 0 Å². The smallest absolute Gasteiger partial charge is 0.432 e. The van der Waals surface area contributed by atoms with E-state index in [4.69, 9.17) is 4.74 Å². The average molecular weight is 1520 g/mol. The zero-order chi connectivity index (χ0) is 74.4. The standard InChI is InChI=1S/C31H41F5O10S.2C18H15S.C3HF6NO4S2/c1-16(6-9-24(40)45-12-4-5-25(41)46-27(30(32,33)34)31(35,36)47(42,43)44)19-7-8-20-26-21(15-23(39)29(19,20)3)28(2)11-10-18(37)13-17(28)14-22(26)38;2*1-4-10-16(11-5-1)19(17-12-6-2-7-13-17)18-14-8-3-9-15-18;4-1(5)2(6,7)15(11,12)10-16(13,14)3(1,8)9/h16-17,19-21,26-27H,4-15H2,1-3H3,(H,42,43,44);2*1-15H;10H/q;2*+1;/p-1/t16-,17+,19-,20+,21+,26+,27?,28+,29-;;;/m1.../s1. The highest BCUT2D eigenvalue weighted by molar-refractivity contribution is 8.06.